The summed E-state index contributed by atoms with van der Waals surface area (Å²) in [6.07, 6.45) is 3.51. The van der Waals surface area contributed by atoms with Crippen LogP contribution in [0.3, 0.4) is 0 Å². The minimum Gasteiger partial charge on any atom is -0.478 e. The molecule has 0 heterocycles. The lowest BCUT2D eigenvalue weighted by atomic mass is 10.3. The number of rotatable bonds is 7. The fourth-order valence-electron chi connectivity index (χ4n) is 1.44. The number of hydrogen-bond acceptors (Lipinski definition) is 3. The van der Waals surface area contributed by atoms with E-state index in [4.69, 9.17) is 5.11 Å². The highest BCUT2D eigenvalue weighted by molar-refractivity contribution is 5.79. The molecule has 0 aliphatic rings. The van der Waals surface area contributed by atoms with Crippen molar-refractivity contribution in [2.45, 2.75) is 6.42 Å². The summed E-state index contributed by atoms with van der Waals surface area (Å²) in [7, 11) is 2.04. The van der Waals surface area contributed by atoms with Gasteiger partial charge in [0.2, 0.25) is 0 Å². The third-order valence-electron chi connectivity index (χ3n) is 2.36. The van der Waals surface area contributed by atoms with Gasteiger partial charge in [-0.25, -0.2) is 4.79 Å². The van der Waals surface area contributed by atoms with Crippen LogP contribution in [0.4, 0.5) is 5.69 Å². The van der Waals surface area contributed by atoms with Crippen molar-refractivity contribution in [2.24, 2.45) is 0 Å². The van der Waals surface area contributed by atoms with Gasteiger partial charge in [-0.05, 0) is 18.6 Å². The standard InChI is InChI=1S/C13H18N2O2/c1-15(12-6-3-2-4-7-12)11-5-9-14-10-8-13(16)17/h2-4,6-8,10,14H,5,9,11H2,1H3,(H,16,17)/b10-8+. The van der Waals surface area contributed by atoms with Crippen molar-refractivity contribution in [2.75, 3.05) is 25.0 Å². The number of carboxylic acids is 1. The Bertz CT molecular complexity index is 363. The van der Waals surface area contributed by atoms with Crippen LogP contribution in [0.25, 0.3) is 0 Å². The lowest BCUT2D eigenvalue weighted by Crippen LogP contribution is -2.21. The van der Waals surface area contributed by atoms with Gasteiger partial charge < -0.3 is 15.3 Å². The van der Waals surface area contributed by atoms with Crippen LogP contribution >= 0.6 is 0 Å². The van der Waals surface area contributed by atoms with E-state index in [1.165, 1.54) is 11.9 Å². The summed E-state index contributed by atoms with van der Waals surface area (Å²) >= 11 is 0. The van der Waals surface area contributed by atoms with Crippen LogP contribution in [0, 0.1) is 0 Å². The Morgan fingerprint density at radius 1 is 1.41 bits per heavy atom. The molecule has 0 unspecified atom stereocenters. The monoisotopic (exact) mass is 234 g/mol. The smallest absolute Gasteiger partial charge is 0.329 e. The summed E-state index contributed by atoms with van der Waals surface area (Å²) < 4.78 is 0. The lowest BCUT2D eigenvalue weighted by Gasteiger charge is -2.18. The average molecular weight is 234 g/mol. The molecule has 0 radical (unpaired) electrons. The predicted molar refractivity (Wildman–Crippen MR) is 69.1 cm³/mol. The number of hydrogen-bond donors (Lipinski definition) is 2. The molecule has 4 nitrogen and oxygen atoms in total. The van der Waals surface area contributed by atoms with Crippen molar-refractivity contribution in [1.29, 1.82) is 0 Å². The van der Waals surface area contributed by atoms with E-state index in [9.17, 15) is 4.79 Å². The van der Waals surface area contributed by atoms with Crippen LogP contribution in [-0.4, -0.2) is 31.2 Å². The van der Waals surface area contributed by atoms with Gasteiger partial charge in [-0.2, -0.15) is 0 Å². The topological polar surface area (TPSA) is 52.6 Å². The highest BCUT2D eigenvalue weighted by Crippen LogP contribution is 2.10. The number of benzene rings is 1. The first-order chi connectivity index (χ1) is 8.20. The van der Waals surface area contributed by atoms with E-state index in [0.717, 1.165) is 25.6 Å². The minimum absolute atomic E-state index is 0.765. The maximum absolute atomic E-state index is 10.2. The average Bonchev–Trinajstić information content (AvgIpc) is 2.34. The second-order valence-corrected chi connectivity index (χ2v) is 3.74. The molecule has 2 N–H and O–H groups in total. The van der Waals surface area contributed by atoms with Crippen molar-refractivity contribution in [3.05, 3.63) is 42.6 Å². The van der Waals surface area contributed by atoms with Crippen molar-refractivity contribution >= 4 is 11.7 Å². The molecule has 0 fully saturated rings. The Hall–Kier alpha value is -1.97. The summed E-state index contributed by atoms with van der Waals surface area (Å²) in [6.45, 7) is 1.69. The molecule has 0 spiro atoms. The first kappa shape index (κ1) is 13.1. The SMILES string of the molecule is CN(CCCN/C=C/C(=O)O)c1ccccc1. The highest BCUT2D eigenvalue weighted by atomic mass is 16.4. The van der Waals surface area contributed by atoms with Crippen LogP contribution < -0.4 is 10.2 Å². The van der Waals surface area contributed by atoms with Gasteiger partial charge in [-0.15, -0.1) is 0 Å². The van der Waals surface area contributed by atoms with Gasteiger partial charge in [0.05, 0.1) is 0 Å². The minimum atomic E-state index is -0.932. The third-order valence-corrected chi connectivity index (χ3v) is 2.36. The Balaban J connectivity index is 2.17. The molecule has 4 heteroatoms. The van der Waals surface area contributed by atoms with Crippen LogP contribution in [0.15, 0.2) is 42.6 Å². The number of nitrogens with one attached hydrogen (secondary N) is 1. The van der Waals surface area contributed by atoms with Crippen molar-refractivity contribution in [3.8, 4) is 0 Å². The molecule has 0 aliphatic heterocycles. The summed E-state index contributed by atoms with van der Waals surface area (Å²) in [5.41, 5.74) is 1.19. The number of aliphatic carboxylic acids is 1. The Labute approximate surface area is 102 Å². The van der Waals surface area contributed by atoms with E-state index in [2.05, 4.69) is 22.3 Å². The van der Waals surface area contributed by atoms with Crippen LogP contribution in [0.2, 0.25) is 0 Å². The quantitative estimate of drug-likeness (QED) is 0.557. The Morgan fingerprint density at radius 2 is 2.12 bits per heavy atom. The summed E-state index contributed by atoms with van der Waals surface area (Å²) in [5, 5.41) is 11.3. The normalized spacial score (nSPS) is 10.4. The molecule has 0 amide bonds. The third kappa shape index (κ3) is 5.61. The second kappa shape index (κ2) is 7.33. The highest BCUT2D eigenvalue weighted by Gasteiger charge is 1.97. The van der Waals surface area contributed by atoms with Gasteiger partial charge in [0.1, 0.15) is 0 Å². The van der Waals surface area contributed by atoms with Gasteiger partial charge >= 0.3 is 5.97 Å². The number of para-hydroxylation sites is 1. The predicted octanol–water partition coefficient (Wildman–Crippen LogP) is 1.70. The molecule has 0 saturated heterocycles. The first-order valence-corrected chi connectivity index (χ1v) is 5.59. The molecular formula is C13H18N2O2. The lowest BCUT2D eigenvalue weighted by molar-refractivity contribution is -0.131. The van der Waals surface area contributed by atoms with Gasteiger partial charge in [0.25, 0.3) is 0 Å². The van der Waals surface area contributed by atoms with E-state index in [1.54, 1.807) is 0 Å². The first-order valence-electron chi connectivity index (χ1n) is 5.59. The van der Waals surface area contributed by atoms with Crippen LogP contribution in [-0.2, 0) is 4.79 Å². The van der Waals surface area contributed by atoms with Crippen LogP contribution in [0.1, 0.15) is 6.42 Å². The Kier molecular flexibility index (Phi) is 5.64. The number of carboxylic acid groups (broad SMARTS) is 1. The fraction of sp³-hybridized carbons (Fsp3) is 0.308. The van der Waals surface area contributed by atoms with E-state index >= 15 is 0 Å². The molecule has 17 heavy (non-hydrogen) atoms. The van der Waals surface area contributed by atoms with Crippen LogP contribution in [0.5, 0.6) is 0 Å². The van der Waals surface area contributed by atoms with Crippen molar-refractivity contribution < 1.29 is 9.90 Å². The van der Waals surface area contributed by atoms with Gasteiger partial charge in [-0.3, -0.25) is 0 Å². The van der Waals surface area contributed by atoms with Gasteiger partial charge in [0, 0.05) is 38.1 Å². The van der Waals surface area contributed by atoms with E-state index < -0.39 is 5.97 Å². The molecule has 1 aromatic rings. The molecule has 1 rings (SSSR count). The summed E-state index contributed by atoms with van der Waals surface area (Å²) in [6, 6.07) is 10.2. The molecule has 0 saturated carbocycles. The zero-order valence-electron chi connectivity index (χ0n) is 9.97. The van der Waals surface area contributed by atoms with Crippen molar-refractivity contribution in [1.82, 2.24) is 5.32 Å². The number of anilines is 1. The summed E-state index contributed by atoms with van der Waals surface area (Å²) in [5.74, 6) is -0.932. The number of carbonyl (C=O) groups is 1. The molecule has 0 atom stereocenters. The van der Waals surface area contributed by atoms with Gasteiger partial charge in [0.15, 0.2) is 0 Å². The van der Waals surface area contributed by atoms with E-state index in [1.807, 2.05) is 25.2 Å². The maximum atomic E-state index is 10.2. The molecular weight excluding hydrogens is 216 g/mol. The van der Waals surface area contributed by atoms with Crippen molar-refractivity contribution in [3.63, 3.8) is 0 Å². The fourth-order valence-corrected chi connectivity index (χ4v) is 1.44. The Morgan fingerprint density at radius 3 is 2.76 bits per heavy atom. The molecule has 0 bridgehead atoms. The maximum Gasteiger partial charge on any atom is 0.329 e. The number of nitrogens with zero attached hydrogens (tertiary/aromatic N) is 1. The molecule has 0 aromatic heterocycles. The molecule has 1 aromatic carbocycles. The summed E-state index contributed by atoms with van der Waals surface area (Å²) in [4.78, 5) is 12.4. The van der Waals surface area contributed by atoms with E-state index in [-0.39, 0.29) is 0 Å². The molecule has 92 valence electrons. The van der Waals surface area contributed by atoms with E-state index in [0.29, 0.717) is 0 Å². The van der Waals surface area contributed by atoms with Gasteiger partial charge in [-0.1, -0.05) is 18.2 Å². The zero-order valence-corrected chi connectivity index (χ0v) is 9.97. The zero-order chi connectivity index (χ0) is 12.5. The second-order valence-electron chi connectivity index (χ2n) is 3.74. The molecule has 0 aliphatic carbocycles. The largest absolute Gasteiger partial charge is 0.478 e.